The average Bonchev–Trinajstić information content (AvgIpc) is 2.61. The van der Waals surface area contributed by atoms with Gasteiger partial charge in [-0.25, -0.2) is 0 Å². The van der Waals surface area contributed by atoms with Crippen molar-refractivity contribution in [2.75, 3.05) is 6.61 Å². The van der Waals surface area contributed by atoms with Gasteiger partial charge in [0.05, 0.1) is 6.10 Å². The molecule has 1 N–H and O–H groups in total. The predicted molar refractivity (Wildman–Crippen MR) is 83.2 cm³/mol. The van der Waals surface area contributed by atoms with Gasteiger partial charge in [0.2, 0.25) is 0 Å². The lowest BCUT2D eigenvalue weighted by Gasteiger charge is -2.36. The van der Waals surface area contributed by atoms with Gasteiger partial charge in [-0.3, -0.25) is 0 Å². The molecule has 1 aromatic carbocycles. The monoisotopic (exact) mass is 293 g/mol. The molecule has 3 heteroatoms. The molecule has 1 heterocycles. The van der Waals surface area contributed by atoms with Crippen molar-refractivity contribution in [3.05, 3.63) is 34.3 Å². The van der Waals surface area contributed by atoms with Crippen molar-refractivity contribution in [1.82, 2.24) is 5.32 Å². The van der Waals surface area contributed by atoms with Gasteiger partial charge in [0.25, 0.3) is 0 Å². The van der Waals surface area contributed by atoms with Crippen LogP contribution in [0.5, 0.6) is 0 Å². The van der Waals surface area contributed by atoms with Crippen molar-refractivity contribution in [2.45, 2.75) is 58.2 Å². The molecule has 0 saturated carbocycles. The smallest absolute Gasteiger partial charge is 0.0561 e. The minimum atomic E-state index is 0.245. The Morgan fingerprint density at radius 2 is 2.15 bits per heavy atom. The quantitative estimate of drug-likeness (QED) is 0.885. The molecule has 0 bridgehead atoms. The molecule has 0 spiro atoms. The van der Waals surface area contributed by atoms with E-state index in [0.717, 1.165) is 30.9 Å². The molecule has 3 unspecified atom stereocenters. The molecule has 1 aliphatic carbocycles. The topological polar surface area (TPSA) is 21.3 Å². The lowest BCUT2D eigenvalue weighted by atomic mass is 9.84. The SMILES string of the molecule is CC1CC(NC2c3cc(Cl)ccc3CC2(C)C)CCO1. The second-order valence-corrected chi connectivity index (χ2v) is 7.45. The van der Waals surface area contributed by atoms with E-state index in [1.165, 1.54) is 11.1 Å². The van der Waals surface area contributed by atoms with E-state index >= 15 is 0 Å². The molecule has 0 amide bonds. The molecule has 2 aliphatic rings. The van der Waals surface area contributed by atoms with Crippen molar-refractivity contribution >= 4 is 11.6 Å². The summed E-state index contributed by atoms with van der Waals surface area (Å²) in [5.74, 6) is 0. The van der Waals surface area contributed by atoms with Gasteiger partial charge >= 0.3 is 0 Å². The summed E-state index contributed by atoms with van der Waals surface area (Å²) in [5.41, 5.74) is 3.08. The summed E-state index contributed by atoms with van der Waals surface area (Å²) in [6, 6.07) is 7.29. The zero-order valence-corrected chi connectivity index (χ0v) is 13.3. The van der Waals surface area contributed by atoms with Crippen LogP contribution < -0.4 is 5.32 Å². The van der Waals surface area contributed by atoms with Crippen LogP contribution in [0, 0.1) is 5.41 Å². The summed E-state index contributed by atoms with van der Waals surface area (Å²) in [6.07, 6.45) is 3.69. The maximum absolute atomic E-state index is 6.20. The minimum absolute atomic E-state index is 0.245. The van der Waals surface area contributed by atoms with Gasteiger partial charge in [-0.2, -0.15) is 0 Å². The molecule has 110 valence electrons. The molecular weight excluding hydrogens is 270 g/mol. The van der Waals surface area contributed by atoms with Gasteiger partial charge in [0, 0.05) is 23.7 Å². The molecule has 3 atom stereocenters. The van der Waals surface area contributed by atoms with Crippen molar-refractivity contribution < 1.29 is 4.74 Å². The first kappa shape index (κ1) is 14.4. The van der Waals surface area contributed by atoms with E-state index < -0.39 is 0 Å². The Labute approximate surface area is 126 Å². The first-order valence-corrected chi connectivity index (χ1v) is 7.99. The van der Waals surface area contributed by atoms with Gasteiger partial charge < -0.3 is 10.1 Å². The summed E-state index contributed by atoms with van der Waals surface area (Å²) in [6.45, 7) is 7.73. The van der Waals surface area contributed by atoms with Gasteiger partial charge in [-0.1, -0.05) is 31.5 Å². The van der Waals surface area contributed by atoms with Gasteiger partial charge in [0.1, 0.15) is 0 Å². The van der Waals surface area contributed by atoms with Crippen molar-refractivity contribution in [2.24, 2.45) is 5.41 Å². The maximum Gasteiger partial charge on any atom is 0.0561 e. The second kappa shape index (κ2) is 5.32. The normalized spacial score (nSPS) is 32.1. The molecule has 1 saturated heterocycles. The zero-order chi connectivity index (χ0) is 14.3. The lowest BCUT2D eigenvalue weighted by Crippen LogP contribution is -2.43. The Morgan fingerprint density at radius 1 is 1.35 bits per heavy atom. The highest BCUT2D eigenvalue weighted by Crippen LogP contribution is 2.46. The highest BCUT2D eigenvalue weighted by Gasteiger charge is 2.40. The molecule has 20 heavy (non-hydrogen) atoms. The highest BCUT2D eigenvalue weighted by atomic mass is 35.5. The third-order valence-electron chi connectivity index (χ3n) is 4.73. The van der Waals surface area contributed by atoms with Crippen LogP contribution >= 0.6 is 11.6 Å². The molecule has 1 aliphatic heterocycles. The van der Waals surface area contributed by atoms with E-state index in [4.69, 9.17) is 16.3 Å². The van der Waals surface area contributed by atoms with Gasteiger partial charge in [-0.05, 0) is 54.9 Å². The third kappa shape index (κ3) is 2.74. The summed E-state index contributed by atoms with van der Waals surface area (Å²) in [7, 11) is 0. The van der Waals surface area contributed by atoms with E-state index in [-0.39, 0.29) is 5.41 Å². The highest BCUT2D eigenvalue weighted by molar-refractivity contribution is 6.30. The molecule has 1 aromatic rings. The third-order valence-corrected chi connectivity index (χ3v) is 4.97. The summed E-state index contributed by atoms with van der Waals surface area (Å²) in [4.78, 5) is 0. The number of hydrogen-bond donors (Lipinski definition) is 1. The minimum Gasteiger partial charge on any atom is -0.378 e. The fraction of sp³-hybridized carbons (Fsp3) is 0.647. The van der Waals surface area contributed by atoms with Crippen LogP contribution in [0.2, 0.25) is 5.02 Å². The molecular formula is C17H24ClNO. The first-order valence-electron chi connectivity index (χ1n) is 7.62. The van der Waals surface area contributed by atoms with Crippen molar-refractivity contribution in [3.63, 3.8) is 0 Å². The van der Waals surface area contributed by atoms with E-state index in [2.05, 4.69) is 38.2 Å². The van der Waals surface area contributed by atoms with Crippen LogP contribution in [-0.2, 0) is 11.2 Å². The standard InChI is InChI=1S/C17H24ClNO/c1-11-8-14(6-7-20-11)19-16-15-9-13(18)5-4-12(15)10-17(16,2)3/h4-5,9,11,14,16,19H,6-8,10H2,1-3H3. The van der Waals surface area contributed by atoms with Crippen LogP contribution in [0.3, 0.4) is 0 Å². The maximum atomic E-state index is 6.20. The van der Waals surface area contributed by atoms with E-state index in [0.29, 0.717) is 18.2 Å². The number of rotatable bonds is 2. The predicted octanol–water partition coefficient (Wildman–Crippen LogP) is 4.12. The Bertz CT molecular complexity index is 500. The number of halogens is 1. The Kier molecular flexibility index (Phi) is 3.83. The fourth-order valence-corrected chi connectivity index (χ4v) is 3.89. The Morgan fingerprint density at radius 3 is 2.90 bits per heavy atom. The van der Waals surface area contributed by atoms with E-state index in [1.54, 1.807) is 0 Å². The lowest BCUT2D eigenvalue weighted by molar-refractivity contribution is 0.00808. The van der Waals surface area contributed by atoms with Crippen molar-refractivity contribution in [1.29, 1.82) is 0 Å². The van der Waals surface area contributed by atoms with Crippen LogP contribution in [0.25, 0.3) is 0 Å². The Balaban J connectivity index is 1.82. The number of ether oxygens (including phenoxy) is 1. The first-order chi connectivity index (χ1) is 9.45. The molecule has 0 radical (unpaired) electrons. The Hall–Kier alpha value is -0.570. The largest absolute Gasteiger partial charge is 0.378 e. The van der Waals surface area contributed by atoms with Gasteiger partial charge in [0.15, 0.2) is 0 Å². The van der Waals surface area contributed by atoms with Crippen LogP contribution in [0.1, 0.15) is 50.8 Å². The molecule has 2 nitrogen and oxygen atoms in total. The molecule has 1 fully saturated rings. The number of fused-ring (bicyclic) bond motifs is 1. The fourth-order valence-electron chi connectivity index (χ4n) is 3.71. The number of nitrogens with one attached hydrogen (secondary N) is 1. The molecule has 0 aromatic heterocycles. The van der Waals surface area contributed by atoms with Crippen LogP contribution in [-0.4, -0.2) is 18.8 Å². The second-order valence-electron chi connectivity index (χ2n) is 7.01. The van der Waals surface area contributed by atoms with Gasteiger partial charge in [-0.15, -0.1) is 0 Å². The summed E-state index contributed by atoms with van der Waals surface area (Å²) in [5, 5.41) is 4.72. The van der Waals surface area contributed by atoms with Crippen LogP contribution in [0.15, 0.2) is 18.2 Å². The van der Waals surface area contributed by atoms with E-state index in [1.807, 2.05) is 6.07 Å². The summed E-state index contributed by atoms with van der Waals surface area (Å²) >= 11 is 6.20. The van der Waals surface area contributed by atoms with E-state index in [9.17, 15) is 0 Å². The average molecular weight is 294 g/mol. The number of benzene rings is 1. The number of hydrogen-bond acceptors (Lipinski definition) is 2. The van der Waals surface area contributed by atoms with Crippen LogP contribution in [0.4, 0.5) is 0 Å². The van der Waals surface area contributed by atoms with Crippen molar-refractivity contribution in [3.8, 4) is 0 Å². The molecule has 3 rings (SSSR count). The zero-order valence-electron chi connectivity index (χ0n) is 12.6. The summed E-state index contributed by atoms with van der Waals surface area (Å²) < 4.78 is 5.65.